The van der Waals surface area contributed by atoms with Gasteiger partial charge < -0.3 is 9.84 Å². The van der Waals surface area contributed by atoms with Crippen LogP contribution in [0.3, 0.4) is 0 Å². The summed E-state index contributed by atoms with van der Waals surface area (Å²) in [4.78, 5) is 11.4. The highest BCUT2D eigenvalue weighted by atomic mass is 35.5. The Morgan fingerprint density at radius 1 is 1.10 bits per heavy atom. The maximum Gasteiger partial charge on any atom is 0.119 e. The van der Waals surface area contributed by atoms with E-state index in [0.29, 0.717) is 12.5 Å². The highest BCUT2D eigenvalue weighted by molar-refractivity contribution is 6.33. The van der Waals surface area contributed by atoms with Gasteiger partial charge in [-0.05, 0) is 43.1 Å². The van der Waals surface area contributed by atoms with Crippen LogP contribution in [0.4, 0.5) is 0 Å². The molecule has 1 aliphatic heterocycles. The molecule has 6 heteroatoms. The van der Waals surface area contributed by atoms with E-state index in [4.69, 9.17) is 21.4 Å². The summed E-state index contributed by atoms with van der Waals surface area (Å²) >= 11 is 6.46. The monoisotopic (exact) mass is 423 g/mol. The first-order valence-electron chi connectivity index (χ1n) is 10.3. The Balaban J connectivity index is 1.48. The molecule has 4 rings (SSSR count). The molecule has 2 aromatic carbocycles. The summed E-state index contributed by atoms with van der Waals surface area (Å²) in [6, 6.07) is 16.0. The summed E-state index contributed by atoms with van der Waals surface area (Å²) in [6.07, 6.45) is 5.76. The van der Waals surface area contributed by atoms with E-state index in [1.807, 2.05) is 42.6 Å². The Morgan fingerprint density at radius 3 is 2.73 bits per heavy atom. The van der Waals surface area contributed by atoms with Crippen LogP contribution in [-0.2, 0) is 6.54 Å². The fraction of sp³-hybridized carbons (Fsp3) is 0.333. The fourth-order valence-electron chi connectivity index (χ4n) is 4.09. The fourth-order valence-corrected chi connectivity index (χ4v) is 4.32. The van der Waals surface area contributed by atoms with Gasteiger partial charge in [-0.25, -0.2) is 9.97 Å². The number of aliphatic hydroxyl groups excluding tert-OH is 1. The third kappa shape index (κ3) is 4.98. The highest BCUT2D eigenvalue weighted by Crippen LogP contribution is 2.35. The van der Waals surface area contributed by atoms with Crippen LogP contribution in [0.5, 0.6) is 5.75 Å². The third-order valence-electron chi connectivity index (χ3n) is 5.49. The zero-order chi connectivity index (χ0) is 20.8. The van der Waals surface area contributed by atoms with Gasteiger partial charge in [-0.2, -0.15) is 0 Å². The van der Waals surface area contributed by atoms with Crippen LogP contribution in [0.1, 0.15) is 30.0 Å². The Bertz CT molecular complexity index is 965. The van der Waals surface area contributed by atoms with Crippen molar-refractivity contribution in [3.8, 4) is 16.9 Å². The van der Waals surface area contributed by atoms with Gasteiger partial charge in [0, 0.05) is 41.4 Å². The van der Waals surface area contributed by atoms with Gasteiger partial charge in [-0.15, -0.1) is 0 Å². The lowest BCUT2D eigenvalue weighted by Gasteiger charge is -2.33. The zero-order valence-corrected chi connectivity index (χ0v) is 17.6. The zero-order valence-electron chi connectivity index (χ0n) is 16.9. The predicted octanol–water partition coefficient (Wildman–Crippen LogP) is 4.55. The van der Waals surface area contributed by atoms with Gasteiger partial charge in [0.25, 0.3) is 0 Å². The molecule has 5 nitrogen and oxygen atoms in total. The van der Waals surface area contributed by atoms with Crippen molar-refractivity contribution in [2.75, 3.05) is 26.3 Å². The first-order chi connectivity index (χ1) is 14.7. The molecule has 1 N–H and O–H groups in total. The molecular formula is C24H26ClN3O2. The lowest BCUT2D eigenvalue weighted by atomic mass is 9.89. The molecule has 1 fully saturated rings. The number of hydrogen-bond donors (Lipinski definition) is 1. The van der Waals surface area contributed by atoms with E-state index >= 15 is 0 Å². The summed E-state index contributed by atoms with van der Waals surface area (Å²) in [5.41, 5.74) is 4.35. The molecule has 0 unspecified atom stereocenters. The Morgan fingerprint density at radius 2 is 1.93 bits per heavy atom. The average molecular weight is 424 g/mol. The van der Waals surface area contributed by atoms with Crippen LogP contribution in [0.2, 0.25) is 5.02 Å². The number of halogens is 1. The molecular weight excluding hydrogens is 398 g/mol. The minimum atomic E-state index is 0.0239. The van der Waals surface area contributed by atoms with Crippen molar-refractivity contribution >= 4 is 11.6 Å². The lowest BCUT2D eigenvalue weighted by Crippen LogP contribution is -2.34. The van der Waals surface area contributed by atoms with E-state index in [2.05, 4.69) is 27.0 Å². The van der Waals surface area contributed by atoms with Gasteiger partial charge in [-0.1, -0.05) is 41.9 Å². The summed E-state index contributed by atoms with van der Waals surface area (Å²) in [5, 5.41) is 9.60. The maximum atomic E-state index is 8.88. The smallest absolute Gasteiger partial charge is 0.119 e. The number of ether oxygens (including phenoxy) is 1. The van der Waals surface area contributed by atoms with Gasteiger partial charge in [0.2, 0.25) is 0 Å². The van der Waals surface area contributed by atoms with Crippen molar-refractivity contribution in [2.45, 2.75) is 25.3 Å². The van der Waals surface area contributed by atoms with Crippen LogP contribution in [0, 0.1) is 0 Å². The number of piperidine rings is 1. The standard InChI is InChI=1S/C24H26ClN3O2/c25-23-6-2-1-5-21(23)22-14-26-17-27-24(22)19-4-3-11-28(16-19)15-18-7-9-20(10-8-18)30-13-12-29/h1-2,5-10,14,17,19,29H,3-4,11-13,15-16H2/t19-/m1/s1. The number of aliphatic hydroxyl groups is 1. The quantitative estimate of drug-likeness (QED) is 0.604. The van der Waals surface area contributed by atoms with Crippen molar-refractivity contribution in [2.24, 2.45) is 0 Å². The van der Waals surface area contributed by atoms with Crippen LogP contribution in [0.15, 0.2) is 61.1 Å². The minimum Gasteiger partial charge on any atom is -0.491 e. The molecule has 0 saturated carbocycles. The number of likely N-dealkylation sites (tertiary alicyclic amines) is 1. The molecule has 1 aromatic heterocycles. The largest absolute Gasteiger partial charge is 0.491 e. The maximum absolute atomic E-state index is 8.88. The van der Waals surface area contributed by atoms with E-state index in [0.717, 1.165) is 60.1 Å². The first-order valence-corrected chi connectivity index (χ1v) is 10.7. The molecule has 156 valence electrons. The molecule has 0 radical (unpaired) electrons. The van der Waals surface area contributed by atoms with Crippen molar-refractivity contribution < 1.29 is 9.84 Å². The minimum absolute atomic E-state index is 0.0239. The molecule has 1 saturated heterocycles. The van der Waals surface area contributed by atoms with Crippen molar-refractivity contribution in [3.05, 3.63) is 77.3 Å². The van der Waals surface area contributed by atoms with E-state index in [1.165, 1.54) is 5.56 Å². The summed E-state index contributed by atoms with van der Waals surface area (Å²) in [6.45, 7) is 3.27. The number of rotatable bonds is 7. The topological polar surface area (TPSA) is 58.5 Å². The molecule has 1 aliphatic rings. The second kappa shape index (κ2) is 10.0. The predicted molar refractivity (Wildman–Crippen MR) is 119 cm³/mol. The Kier molecular flexibility index (Phi) is 6.95. The van der Waals surface area contributed by atoms with Crippen molar-refractivity contribution in [3.63, 3.8) is 0 Å². The van der Waals surface area contributed by atoms with Crippen LogP contribution in [-0.4, -0.2) is 46.3 Å². The Hall–Kier alpha value is -2.47. The summed E-state index contributed by atoms with van der Waals surface area (Å²) in [5.74, 6) is 1.13. The first kappa shape index (κ1) is 20.8. The second-order valence-corrected chi connectivity index (χ2v) is 8.00. The molecule has 3 aromatic rings. The third-order valence-corrected chi connectivity index (χ3v) is 5.82. The van der Waals surface area contributed by atoms with E-state index in [9.17, 15) is 0 Å². The summed E-state index contributed by atoms with van der Waals surface area (Å²) in [7, 11) is 0. The molecule has 0 spiro atoms. The molecule has 2 heterocycles. The van der Waals surface area contributed by atoms with E-state index < -0.39 is 0 Å². The SMILES string of the molecule is OCCOc1ccc(CN2CCC[C@@H](c3ncncc3-c3ccccc3Cl)C2)cc1. The molecule has 30 heavy (non-hydrogen) atoms. The Labute approximate surface area is 182 Å². The number of nitrogens with zero attached hydrogens (tertiary/aromatic N) is 3. The van der Waals surface area contributed by atoms with Gasteiger partial charge in [0.15, 0.2) is 0 Å². The lowest BCUT2D eigenvalue weighted by molar-refractivity contribution is 0.197. The highest BCUT2D eigenvalue weighted by Gasteiger charge is 2.25. The van der Waals surface area contributed by atoms with Crippen LogP contribution in [0.25, 0.3) is 11.1 Å². The van der Waals surface area contributed by atoms with Gasteiger partial charge in [0.05, 0.1) is 12.3 Å². The molecule has 0 aliphatic carbocycles. The number of aromatic nitrogens is 2. The van der Waals surface area contributed by atoms with Crippen molar-refractivity contribution in [1.82, 2.24) is 14.9 Å². The summed E-state index contributed by atoms with van der Waals surface area (Å²) < 4.78 is 5.45. The van der Waals surface area contributed by atoms with Gasteiger partial charge >= 0.3 is 0 Å². The number of benzene rings is 2. The van der Waals surface area contributed by atoms with Gasteiger partial charge in [-0.3, -0.25) is 4.90 Å². The second-order valence-electron chi connectivity index (χ2n) is 7.59. The van der Waals surface area contributed by atoms with Crippen LogP contribution >= 0.6 is 11.6 Å². The average Bonchev–Trinajstić information content (AvgIpc) is 2.79. The number of hydrogen-bond acceptors (Lipinski definition) is 5. The van der Waals surface area contributed by atoms with Gasteiger partial charge in [0.1, 0.15) is 18.7 Å². The molecule has 0 amide bonds. The van der Waals surface area contributed by atoms with Crippen LogP contribution < -0.4 is 4.74 Å². The van der Waals surface area contributed by atoms with Crippen molar-refractivity contribution in [1.29, 1.82) is 0 Å². The normalized spacial score (nSPS) is 17.1. The van der Waals surface area contributed by atoms with E-state index in [1.54, 1.807) is 6.33 Å². The molecule has 1 atom stereocenters. The molecule has 0 bridgehead atoms. The van der Waals surface area contributed by atoms with E-state index in [-0.39, 0.29) is 6.61 Å².